The zero-order chi connectivity index (χ0) is 6.69. The van der Waals surface area contributed by atoms with Crippen LogP contribution >= 0.6 is 11.8 Å². The Kier molecular flexibility index (Phi) is 2.34. The van der Waals surface area contributed by atoms with Crippen LogP contribution in [-0.4, -0.2) is 12.0 Å². The molecule has 9 heavy (non-hydrogen) atoms. The van der Waals surface area contributed by atoms with Crippen molar-refractivity contribution in [1.82, 2.24) is 0 Å². The zero-order valence-electron chi connectivity index (χ0n) is 5.52. The molecule has 0 atom stereocenters. The summed E-state index contributed by atoms with van der Waals surface area (Å²) in [5.74, 6) is 0.297. The topological polar surface area (TPSA) is 17.1 Å². The van der Waals surface area contributed by atoms with Gasteiger partial charge in [0.15, 0.2) is 5.78 Å². The summed E-state index contributed by atoms with van der Waals surface area (Å²) < 4.78 is 0. The molecule has 0 unspecified atom stereocenters. The van der Waals surface area contributed by atoms with Crippen LogP contribution in [-0.2, 0) is 4.79 Å². The molecule has 0 amide bonds. The molecule has 50 valence electrons. The van der Waals surface area contributed by atoms with Crippen LogP contribution in [0, 0.1) is 0 Å². The van der Waals surface area contributed by atoms with Crippen molar-refractivity contribution in [3.05, 3.63) is 11.0 Å². The highest BCUT2D eigenvalue weighted by molar-refractivity contribution is 8.02. The standard InChI is InChI=1S/C7H10OS/c1-9-7-4-2-3-6(8)5-7/h5H,2-4H2,1H3. The van der Waals surface area contributed by atoms with Gasteiger partial charge in [-0.1, -0.05) is 0 Å². The molecule has 0 spiro atoms. The highest BCUT2D eigenvalue weighted by Crippen LogP contribution is 2.23. The van der Waals surface area contributed by atoms with Crippen LogP contribution in [0.15, 0.2) is 11.0 Å². The molecule has 0 N–H and O–H groups in total. The van der Waals surface area contributed by atoms with E-state index in [4.69, 9.17) is 0 Å². The highest BCUT2D eigenvalue weighted by Gasteiger charge is 2.07. The fraction of sp³-hybridized carbons (Fsp3) is 0.571. The highest BCUT2D eigenvalue weighted by atomic mass is 32.2. The van der Waals surface area contributed by atoms with Crippen LogP contribution in [0.5, 0.6) is 0 Å². The maximum Gasteiger partial charge on any atom is 0.156 e. The number of rotatable bonds is 1. The molecule has 0 bridgehead atoms. The van der Waals surface area contributed by atoms with Crippen molar-refractivity contribution in [3.63, 3.8) is 0 Å². The van der Waals surface area contributed by atoms with E-state index in [9.17, 15) is 4.79 Å². The average Bonchev–Trinajstić information content (AvgIpc) is 1.88. The normalized spacial score (nSPS) is 19.7. The predicted octanol–water partition coefficient (Wildman–Crippen LogP) is 1.99. The lowest BCUT2D eigenvalue weighted by Crippen LogP contribution is -1.99. The fourth-order valence-corrected chi connectivity index (χ4v) is 1.52. The van der Waals surface area contributed by atoms with Crippen LogP contribution in [0.4, 0.5) is 0 Å². The molecule has 1 rings (SSSR count). The van der Waals surface area contributed by atoms with E-state index in [-0.39, 0.29) is 0 Å². The summed E-state index contributed by atoms with van der Waals surface area (Å²) >= 11 is 1.69. The predicted molar refractivity (Wildman–Crippen MR) is 40.5 cm³/mol. The lowest BCUT2D eigenvalue weighted by molar-refractivity contribution is -0.114. The van der Waals surface area contributed by atoms with E-state index in [1.165, 1.54) is 4.91 Å². The Balaban J connectivity index is 2.59. The second-order valence-electron chi connectivity index (χ2n) is 2.13. The van der Waals surface area contributed by atoms with E-state index in [0.717, 1.165) is 19.3 Å². The van der Waals surface area contributed by atoms with Gasteiger partial charge >= 0.3 is 0 Å². The Labute approximate surface area is 59.5 Å². The summed E-state index contributed by atoms with van der Waals surface area (Å²) in [4.78, 5) is 12.0. The second kappa shape index (κ2) is 3.06. The van der Waals surface area contributed by atoms with Crippen molar-refractivity contribution < 1.29 is 4.79 Å². The van der Waals surface area contributed by atoms with E-state index in [1.54, 1.807) is 17.8 Å². The van der Waals surface area contributed by atoms with Crippen LogP contribution in [0.1, 0.15) is 19.3 Å². The van der Waals surface area contributed by atoms with Crippen molar-refractivity contribution in [2.75, 3.05) is 6.26 Å². The van der Waals surface area contributed by atoms with Crippen molar-refractivity contribution in [2.24, 2.45) is 0 Å². The number of thioether (sulfide) groups is 1. The molecule has 1 nitrogen and oxygen atoms in total. The molecule has 0 saturated carbocycles. The minimum absolute atomic E-state index is 0.297. The molecule has 0 aliphatic heterocycles. The number of allylic oxidation sites excluding steroid dienone is 2. The van der Waals surface area contributed by atoms with Crippen molar-refractivity contribution in [2.45, 2.75) is 19.3 Å². The Bertz CT molecular complexity index is 149. The van der Waals surface area contributed by atoms with Gasteiger partial charge in [0, 0.05) is 6.42 Å². The summed E-state index contributed by atoms with van der Waals surface area (Å²) in [5, 5.41) is 0. The Morgan fingerprint density at radius 2 is 2.33 bits per heavy atom. The zero-order valence-corrected chi connectivity index (χ0v) is 6.33. The molecule has 0 aromatic rings. The summed E-state index contributed by atoms with van der Waals surface area (Å²) in [6.45, 7) is 0. The monoisotopic (exact) mass is 142 g/mol. The van der Waals surface area contributed by atoms with Gasteiger partial charge < -0.3 is 0 Å². The maximum absolute atomic E-state index is 10.7. The van der Waals surface area contributed by atoms with Crippen molar-refractivity contribution in [1.29, 1.82) is 0 Å². The molecule has 0 fully saturated rings. The molecule has 0 heterocycles. The summed E-state index contributed by atoms with van der Waals surface area (Å²) in [7, 11) is 0. The van der Waals surface area contributed by atoms with Crippen molar-refractivity contribution >= 4 is 17.5 Å². The minimum atomic E-state index is 0.297. The number of carbonyl (C=O) groups is 1. The van der Waals surface area contributed by atoms with E-state index in [0.29, 0.717) is 5.78 Å². The van der Waals surface area contributed by atoms with E-state index < -0.39 is 0 Å². The maximum atomic E-state index is 10.7. The molecule has 1 aliphatic carbocycles. The lowest BCUT2D eigenvalue weighted by Gasteiger charge is -2.07. The van der Waals surface area contributed by atoms with Gasteiger partial charge in [0.25, 0.3) is 0 Å². The number of hydrogen-bond donors (Lipinski definition) is 0. The molecule has 0 saturated heterocycles. The summed E-state index contributed by atoms with van der Waals surface area (Å²) in [5.41, 5.74) is 0. The minimum Gasteiger partial charge on any atom is -0.295 e. The third kappa shape index (κ3) is 1.86. The fourth-order valence-electron chi connectivity index (χ4n) is 0.922. The second-order valence-corrected chi connectivity index (χ2v) is 3.07. The third-order valence-electron chi connectivity index (χ3n) is 1.43. The van der Waals surface area contributed by atoms with Gasteiger partial charge in [-0.05, 0) is 30.1 Å². The van der Waals surface area contributed by atoms with Gasteiger partial charge in [0.05, 0.1) is 0 Å². The summed E-state index contributed by atoms with van der Waals surface area (Å²) in [6.07, 6.45) is 6.70. The molecule has 1 aliphatic rings. The Morgan fingerprint density at radius 3 is 2.78 bits per heavy atom. The third-order valence-corrected chi connectivity index (χ3v) is 2.28. The molecule has 2 heteroatoms. The van der Waals surface area contributed by atoms with E-state index in [1.807, 2.05) is 6.26 Å². The van der Waals surface area contributed by atoms with Crippen LogP contribution in [0.3, 0.4) is 0 Å². The quantitative estimate of drug-likeness (QED) is 0.557. The van der Waals surface area contributed by atoms with E-state index in [2.05, 4.69) is 0 Å². The van der Waals surface area contributed by atoms with Gasteiger partial charge in [0.2, 0.25) is 0 Å². The van der Waals surface area contributed by atoms with Crippen LogP contribution in [0.2, 0.25) is 0 Å². The smallest absolute Gasteiger partial charge is 0.156 e. The van der Waals surface area contributed by atoms with Gasteiger partial charge in [0.1, 0.15) is 0 Å². The Hall–Kier alpha value is -0.240. The van der Waals surface area contributed by atoms with Crippen LogP contribution in [0.25, 0.3) is 0 Å². The Morgan fingerprint density at radius 1 is 1.56 bits per heavy atom. The van der Waals surface area contributed by atoms with Gasteiger partial charge in [-0.15, -0.1) is 11.8 Å². The molecule has 0 aromatic heterocycles. The van der Waals surface area contributed by atoms with Gasteiger partial charge in [-0.2, -0.15) is 0 Å². The van der Waals surface area contributed by atoms with Gasteiger partial charge in [-0.25, -0.2) is 0 Å². The van der Waals surface area contributed by atoms with E-state index >= 15 is 0 Å². The summed E-state index contributed by atoms with van der Waals surface area (Å²) in [6, 6.07) is 0. The molecule has 0 radical (unpaired) electrons. The lowest BCUT2D eigenvalue weighted by atomic mass is 10.1. The average molecular weight is 142 g/mol. The first kappa shape index (κ1) is 6.87. The van der Waals surface area contributed by atoms with Crippen molar-refractivity contribution in [3.8, 4) is 0 Å². The first-order valence-electron chi connectivity index (χ1n) is 3.10. The van der Waals surface area contributed by atoms with Gasteiger partial charge in [-0.3, -0.25) is 4.79 Å². The molecular formula is C7H10OS. The molecular weight excluding hydrogens is 132 g/mol. The van der Waals surface area contributed by atoms with Crippen LogP contribution < -0.4 is 0 Å². The largest absolute Gasteiger partial charge is 0.295 e. The number of carbonyl (C=O) groups excluding carboxylic acids is 1. The molecule has 0 aromatic carbocycles. The SMILES string of the molecule is CSC1=CC(=O)CCC1. The first-order valence-corrected chi connectivity index (χ1v) is 4.33. The first-order chi connectivity index (χ1) is 4.33. The number of ketones is 1. The number of hydrogen-bond acceptors (Lipinski definition) is 2.